The van der Waals surface area contributed by atoms with Gasteiger partial charge in [-0.3, -0.25) is 4.90 Å². The molecule has 1 atom stereocenters. The van der Waals surface area contributed by atoms with E-state index >= 15 is 0 Å². The van der Waals surface area contributed by atoms with Gasteiger partial charge in [0.2, 0.25) is 0 Å². The average molecular weight is 247 g/mol. The van der Waals surface area contributed by atoms with Crippen molar-refractivity contribution in [2.24, 2.45) is 0 Å². The lowest BCUT2D eigenvalue weighted by molar-refractivity contribution is -0.113. The van der Waals surface area contributed by atoms with Crippen molar-refractivity contribution in [2.75, 3.05) is 20.2 Å². The van der Waals surface area contributed by atoms with Crippen LogP contribution >= 0.6 is 0 Å². The van der Waals surface area contributed by atoms with Gasteiger partial charge < -0.3 is 9.53 Å². The molecule has 0 aromatic heterocycles. The summed E-state index contributed by atoms with van der Waals surface area (Å²) in [6.07, 6.45) is 5.52. The van der Waals surface area contributed by atoms with E-state index in [4.69, 9.17) is 4.74 Å². The molecular weight excluding hydrogens is 226 g/mol. The van der Waals surface area contributed by atoms with E-state index in [1.54, 1.807) is 7.11 Å². The van der Waals surface area contributed by atoms with Gasteiger partial charge in [0.15, 0.2) is 0 Å². The molecule has 1 aromatic carbocycles. The van der Waals surface area contributed by atoms with Gasteiger partial charge in [-0.1, -0.05) is 18.6 Å². The Morgan fingerprint density at radius 1 is 1.33 bits per heavy atom. The number of rotatable bonds is 5. The summed E-state index contributed by atoms with van der Waals surface area (Å²) < 4.78 is 5.14. The Bertz CT molecular complexity index is 375. The molecule has 1 aromatic rings. The third-order valence-electron chi connectivity index (χ3n) is 3.67. The van der Waals surface area contributed by atoms with Crippen LogP contribution in [-0.2, 0) is 11.2 Å². The molecule has 0 saturated carbocycles. The first kappa shape index (κ1) is 13.1. The fourth-order valence-electron chi connectivity index (χ4n) is 2.51. The van der Waals surface area contributed by atoms with Crippen LogP contribution in [-0.4, -0.2) is 37.4 Å². The summed E-state index contributed by atoms with van der Waals surface area (Å²) in [5.41, 5.74) is 1.30. The number of carbonyl (C=O) groups is 1. The first-order valence-corrected chi connectivity index (χ1v) is 6.66. The van der Waals surface area contributed by atoms with Crippen molar-refractivity contribution in [3.05, 3.63) is 29.8 Å². The smallest absolute Gasteiger partial charge is 0.137 e. The Kier molecular flexibility index (Phi) is 4.76. The highest BCUT2D eigenvalue weighted by Crippen LogP contribution is 2.17. The second kappa shape index (κ2) is 6.55. The number of piperidine rings is 1. The Labute approximate surface area is 109 Å². The molecular formula is C15H21NO2. The second-order valence-electron chi connectivity index (χ2n) is 4.83. The van der Waals surface area contributed by atoms with Crippen LogP contribution in [0.4, 0.5) is 0 Å². The van der Waals surface area contributed by atoms with Crippen LogP contribution in [0.1, 0.15) is 24.8 Å². The molecule has 3 nitrogen and oxygen atoms in total. The van der Waals surface area contributed by atoms with Gasteiger partial charge in [0.25, 0.3) is 0 Å². The number of likely N-dealkylation sites (tertiary alicyclic amines) is 1. The van der Waals surface area contributed by atoms with Crippen molar-refractivity contribution >= 4 is 6.29 Å². The fraction of sp³-hybridized carbons (Fsp3) is 0.533. The Balaban J connectivity index is 1.87. The lowest BCUT2D eigenvalue weighted by Crippen LogP contribution is -2.41. The number of methoxy groups -OCH3 is 1. The maximum Gasteiger partial charge on any atom is 0.137 e. The van der Waals surface area contributed by atoms with Crippen molar-refractivity contribution in [1.82, 2.24) is 4.90 Å². The molecule has 1 aliphatic rings. The van der Waals surface area contributed by atoms with Crippen molar-refractivity contribution in [3.8, 4) is 5.75 Å². The summed E-state index contributed by atoms with van der Waals surface area (Å²) in [7, 11) is 1.68. The third kappa shape index (κ3) is 3.33. The van der Waals surface area contributed by atoms with Crippen LogP contribution in [0, 0.1) is 0 Å². The molecule has 1 heterocycles. The molecule has 0 bridgehead atoms. The number of benzene rings is 1. The van der Waals surface area contributed by atoms with Crippen LogP contribution in [0.3, 0.4) is 0 Å². The van der Waals surface area contributed by atoms with Gasteiger partial charge in [0.05, 0.1) is 13.2 Å². The highest BCUT2D eigenvalue weighted by Gasteiger charge is 2.20. The van der Waals surface area contributed by atoms with Crippen molar-refractivity contribution in [3.63, 3.8) is 0 Å². The largest absolute Gasteiger partial charge is 0.497 e. The van der Waals surface area contributed by atoms with Gasteiger partial charge in [-0.25, -0.2) is 0 Å². The van der Waals surface area contributed by atoms with E-state index < -0.39 is 0 Å². The minimum atomic E-state index is 0.136. The second-order valence-corrected chi connectivity index (χ2v) is 4.83. The average Bonchev–Trinajstić information content (AvgIpc) is 2.46. The predicted octanol–water partition coefficient (Wildman–Crippen LogP) is 2.29. The summed E-state index contributed by atoms with van der Waals surface area (Å²) in [5, 5.41) is 0. The molecule has 1 aliphatic heterocycles. The monoisotopic (exact) mass is 247 g/mol. The highest BCUT2D eigenvalue weighted by molar-refractivity contribution is 5.57. The maximum atomic E-state index is 11.0. The zero-order valence-corrected chi connectivity index (χ0v) is 11.0. The Morgan fingerprint density at radius 2 is 2.11 bits per heavy atom. The van der Waals surface area contributed by atoms with Crippen molar-refractivity contribution < 1.29 is 9.53 Å². The maximum absolute atomic E-state index is 11.0. The zero-order valence-electron chi connectivity index (χ0n) is 11.0. The van der Waals surface area contributed by atoms with Crippen LogP contribution in [0.25, 0.3) is 0 Å². The first-order valence-electron chi connectivity index (χ1n) is 6.66. The molecule has 0 radical (unpaired) electrons. The van der Waals surface area contributed by atoms with Gasteiger partial charge in [0, 0.05) is 6.54 Å². The molecule has 3 heteroatoms. The number of hydrogen-bond acceptors (Lipinski definition) is 3. The standard InChI is InChI=1S/C15H21NO2/c1-18-15-7-5-13(6-8-15)9-11-16-10-3-2-4-14(16)12-17/h5-8,12,14H,2-4,9-11H2,1H3. The van der Waals surface area contributed by atoms with E-state index in [1.165, 1.54) is 18.4 Å². The molecule has 0 N–H and O–H groups in total. The highest BCUT2D eigenvalue weighted by atomic mass is 16.5. The summed E-state index contributed by atoms with van der Waals surface area (Å²) in [6.45, 7) is 2.02. The van der Waals surface area contributed by atoms with E-state index in [9.17, 15) is 4.79 Å². The topological polar surface area (TPSA) is 29.5 Å². The first-order chi connectivity index (χ1) is 8.83. The number of ether oxygens (including phenoxy) is 1. The molecule has 1 unspecified atom stereocenters. The van der Waals surface area contributed by atoms with Crippen molar-refractivity contribution in [2.45, 2.75) is 31.7 Å². The normalized spacial score (nSPS) is 20.6. The van der Waals surface area contributed by atoms with Crippen LogP contribution in [0.2, 0.25) is 0 Å². The van der Waals surface area contributed by atoms with Gasteiger partial charge in [-0.05, 0) is 43.5 Å². The van der Waals surface area contributed by atoms with Crippen molar-refractivity contribution in [1.29, 1.82) is 0 Å². The van der Waals surface area contributed by atoms with Gasteiger partial charge in [0.1, 0.15) is 12.0 Å². The molecule has 1 saturated heterocycles. The molecule has 18 heavy (non-hydrogen) atoms. The summed E-state index contributed by atoms with van der Waals surface area (Å²) in [6, 6.07) is 8.31. The third-order valence-corrected chi connectivity index (χ3v) is 3.67. The number of aldehydes is 1. The predicted molar refractivity (Wildman–Crippen MR) is 72.0 cm³/mol. The molecule has 1 fully saturated rings. The van der Waals surface area contributed by atoms with E-state index in [-0.39, 0.29) is 6.04 Å². The Hall–Kier alpha value is -1.35. The van der Waals surface area contributed by atoms with E-state index in [0.29, 0.717) is 0 Å². The lowest BCUT2D eigenvalue weighted by atomic mass is 10.0. The van der Waals surface area contributed by atoms with E-state index in [1.807, 2.05) is 12.1 Å². The Morgan fingerprint density at radius 3 is 2.78 bits per heavy atom. The lowest BCUT2D eigenvalue weighted by Gasteiger charge is -2.32. The number of carbonyl (C=O) groups excluding carboxylic acids is 1. The van der Waals surface area contributed by atoms with Gasteiger partial charge in [-0.2, -0.15) is 0 Å². The summed E-state index contributed by atoms with van der Waals surface area (Å²) in [5.74, 6) is 0.891. The fourth-order valence-corrected chi connectivity index (χ4v) is 2.51. The zero-order chi connectivity index (χ0) is 12.8. The molecule has 98 valence electrons. The number of nitrogens with zero attached hydrogens (tertiary/aromatic N) is 1. The number of hydrogen-bond donors (Lipinski definition) is 0. The molecule has 0 amide bonds. The van der Waals surface area contributed by atoms with E-state index in [2.05, 4.69) is 17.0 Å². The van der Waals surface area contributed by atoms with Crippen LogP contribution in [0.15, 0.2) is 24.3 Å². The van der Waals surface area contributed by atoms with E-state index in [0.717, 1.165) is 38.0 Å². The van der Waals surface area contributed by atoms with Crippen LogP contribution < -0.4 is 4.74 Å². The molecule has 0 spiro atoms. The van der Waals surface area contributed by atoms with Gasteiger partial charge in [-0.15, -0.1) is 0 Å². The minimum absolute atomic E-state index is 0.136. The van der Waals surface area contributed by atoms with Gasteiger partial charge >= 0.3 is 0 Å². The minimum Gasteiger partial charge on any atom is -0.497 e. The molecule has 2 rings (SSSR count). The quantitative estimate of drug-likeness (QED) is 0.748. The summed E-state index contributed by atoms with van der Waals surface area (Å²) >= 11 is 0. The molecule has 0 aliphatic carbocycles. The summed E-state index contributed by atoms with van der Waals surface area (Å²) in [4.78, 5) is 13.3. The SMILES string of the molecule is COc1ccc(CCN2CCCCC2C=O)cc1. The van der Waals surface area contributed by atoms with Crippen LogP contribution in [0.5, 0.6) is 5.75 Å².